The molecule has 23 heavy (non-hydrogen) atoms. The Morgan fingerprint density at radius 2 is 1.83 bits per heavy atom. The molecule has 1 amide bonds. The third kappa shape index (κ3) is 2.46. The SMILES string of the molecule is O=C(c1ccc(F)cc1)N1C[C@H]2C[C@H](C1)c1cccc(=O)n1C2. The van der Waals surface area contributed by atoms with E-state index < -0.39 is 0 Å². The normalized spacial score (nSPS) is 22.6. The first kappa shape index (κ1) is 14.2. The van der Waals surface area contributed by atoms with Gasteiger partial charge in [0.05, 0.1) is 0 Å². The maximum absolute atomic E-state index is 13.0. The number of nitrogens with zero attached hydrogens (tertiary/aromatic N) is 2. The summed E-state index contributed by atoms with van der Waals surface area (Å²) < 4.78 is 14.9. The van der Waals surface area contributed by atoms with Crippen molar-refractivity contribution in [1.29, 1.82) is 0 Å². The molecule has 3 heterocycles. The van der Waals surface area contributed by atoms with Gasteiger partial charge in [0, 0.05) is 42.9 Å². The molecular formula is C18H17FN2O2. The van der Waals surface area contributed by atoms with Crippen molar-refractivity contribution in [3.63, 3.8) is 0 Å². The van der Waals surface area contributed by atoms with Gasteiger partial charge in [-0.1, -0.05) is 6.07 Å². The number of piperidine rings is 1. The van der Waals surface area contributed by atoms with Crippen molar-refractivity contribution >= 4 is 5.91 Å². The Balaban J connectivity index is 1.62. The van der Waals surface area contributed by atoms with Gasteiger partial charge < -0.3 is 9.47 Å². The second-order valence-electron chi connectivity index (χ2n) is 6.42. The van der Waals surface area contributed by atoms with Gasteiger partial charge in [0.1, 0.15) is 5.82 Å². The summed E-state index contributed by atoms with van der Waals surface area (Å²) >= 11 is 0. The highest BCUT2D eigenvalue weighted by Gasteiger charge is 2.36. The van der Waals surface area contributed by atoms with E-state index in [2.05, 4.69) is 0 Å². The summed E-state index contributed by atoms with van der Waals surface area (Å²) in [7, 11) is 0. The summed E-state index contributed by atoms with van der Waals surface area (Å²) in [6, 6.07) is 11.0. The van der Waals surface area contributed by atoms with Crippen LogP contribution in [0.4, 0.5) is 4.39 Å². The molecule has 0 unspecified atom stereocenters. The lowest BCUT2D eigenvalue weighted by Crippen LogP contribution is -2.49. The number of rotatable bonds is 1. The molecule has 118 valence electrons. The van der Waals surface area contributed by atoms with Crippen molar-refractivity contribution in [2.24, 2.45) is 5.92 Å². The molecule has 2 aliphatic rings. The summed E-state index contributed by atoms with van der Waals surface area (Å²) in [5, 5.41) is 0. The van der Waals surface area contributed by atoms with Crippen LogP contribution in [0.3, 0.4) is 0 Å². The number of fused-ring (bicyclic) bond motifs is 4. The Bertz CT molecular complexity index is 813. The van der Waals surface area contributed by atoms with E-state index in [1.807, 2.05) is 15.5 Å². The average Bonchev–Trinajstić information content (AvgIpc) is 2.56. The molecule has 0 saturated carbocycles. The minimum atomic E-state index is -0.342. The van der Waals surface area contributed by atoms with Crippen LogP contribution in [0.5, 0.6) is 0 Å². The first-order valence-corrected chi connectivity index (χ1v) is 7.86. The van der Waals surface area contributed by atoms with Crippen molar-refractivity contribution in [2.45, 2.75) is 18.9 Å². The van der Waals surface area contributed by atoms with Gasteiger partial charge in [-0.25, -0.2) is 4.39 Å². The Kier molecular flexibility index (Phi) is 3.29. The molecular weight excluding hydrogens is 295 g/mol. The van der Waals surface area contributed by atoms with Crippen LogP contribution in [0.15, 0.2) is 47.3 Å². The highest BCUT2D eigenvalue weighted by atomic mass is 19.1. The van der Waals surface area contributed by atoms with E-state index in [0.717, 1.165) is 12.1 Å². The smallest absolute Gasteiger partial charge is 0.253 e. The van der Waals surface area contributed by atoms with Crippen molar-refractivity contribution < 1.29 is 9.18 Å². The van der Waals surface area contributed by atoms with Crippen LogP contribution >= 0.6 is 0 Å². The molecule has 0 radical (unpaired) electrons. The first-order chi connectivity index (χ1) is 11.1. The lowest BCUT2D eigenvalue weighted by atomic mass is 9.83. The maximum Gasteiger partial charge on any atom is 0.253 e. The molecule has 0 aliphatic carbocycles. The number of carbonyl (C=O) groups is 1. The van der Waals surface area contributed by atoms with Gasteiger partial charge in [0.15, 0.2) is 0 Å². The number of halogens is 1. The summed E-state index contributed by atoms with van der Waals surface area (Å²) in [6.07, 6.45) is 1.01. The third-order valence-electron chi connectivity index (χ3n) is 4.86. The van der Waals surface area contributed by atoms with E-state index in [-0.39, 0.29) is 23.2 Å². The van der Waals surface area contributed by atoms with E-state index in [0.29, 0.717) is 31.1 Å². The van der Waals surface area contributed by atoms with Crippen molar-refractivity contribution in [2.75, 3.05) is 13.1 Å². The standard InChI is InChI=1S/C18H17FN2O2/c19-15-6-4-13(5-7-15)18(23)20-9-12-8-14(11-20)16-2-1-3-17(22)21(16)10-12/h1-7,12,14H,8-11H2/t12-,14-/m1/s1. The van der Waals surface area contributed by atoms with Gasteiger partial charge in [-0.05, 0) is 42.7 Å². The van der Waals surface area contributed by atoms with Gasteiger partial charge in [-0.2, -0.15) is 0 Å². The quantitative estimate of drug-likeness (QED) is 0.810. The van der Waals surface area contributed by atoms with Crippen LogP contribution < -0.4 is 5.56 Å². The molecule has 4 nitrogen and oxygen atoms in total. The van der Waals surface area contributed by atoms with E-state index in [1.165, 1.54) is 24.3 Å². The van der Waals surface area contributed by atoms with Crippen LogP contribution in [0, 0.1) is 11.7 Å². The van der Waals surface area contributed by atoms with Gasteiger partial charge in [0.2, 0.25) is 0 Å². The molecule has 2 aliphatic heterocycles. The molecule has 0 spiro atoms. The maximum atomic E-state index is 13.0. The number of carbonyl (C=O) groups excluding carboxylic acids is 1. The predicted molar refractivity (Wildman–Crippen MR) is 83.9 cm³/mol. The lowest BCUT2D eigenvalue weighted by Gasteiger charge is -2.42. The minimum Gasteiger partial charge on any atom is -0.338 e. The Morgan fingerprint density at radius 3 is 2.61 bits per heavy atom. The molecule has 2 bridgehead atoms. The fourth-order valence-electron chi connectivity index (χ4n) is 3.84. The fourth-order valence-corrected chi connectivity index (χ4v) is 3.84. The van der Waals surface area contributed by atoms with Gasteiger partial charge in [-0.3, -0.25) is 9.59 Å². The van der Waals surface area contributed by atoms with Crippen LogP contribution in [-0.4, -0.2) is 28.5 Å². The largest absolute Gasteiger partial charge is 0.338 e. The molecule has 1 saturated heterocycles. The molecule has 4 rings (SSSR count). The number of amides is 1. The second kappa shape index (κ2) is 5.33. The van der Waals surface area contributed by atoms with Crippen LogP contribution in [0.2, 0.25) is 0 Å². The summed E-state index contributed by atoms with van der Waals surface area (Å²) in [6.45, 7) is 1.92. The third-order valence-corrected chi connectivity index (χ3v) is 4.86. The Hall–Kier alpha value is -2.43. The molecule has 2 aromatic rings. The Morgan fingerprint density at radius 1 is 1.04 bits per heavy atom. The van der Waals surface area contributed by atoms with E-state index >= 15 is 0 Å². The fraction of sp³-hybridized carbons (Fsp3) is 0.333. The van der Waals surface area contributed by atoms with Crippen LogP contribution in [0.25, 0.3) is 0 Å². The van der Waals surface area contributed by atoms with Crippen molar-refractivity contribution in [3.05, 3.63) is 69.9 Å². The topological polar surface area (TPSA) is 42.3 Å². The average molecular weight is 312 g/mol. The van der Waals surface area contributed by atoms with Gasteiger partial charge in [0.25, 0.3) is 11.5 Å². The molecule has 1 fully saturated rings. The zero-order valence-electron chi connectivity index (χ0n) is 12.6. The van der Waals surface area contributed by atoms with Crippen molar-refractivity contribution in [3.8, 4) is 0 Å². The van der Waals surface area contributed by atoms with Crippen LogP contribution in [0.1, 0.15) is 28.4 Å². The number of pyridine rings is 1. The van der Waals surface area contributed by atoms with Gasteiger partial charge >= 0.3 is 0 Å². The molecule has 2 atom stereocenters. The lowest BCUT2D eigenvalue weighted by molar-refractivity contribution is 0.0594. The molecule has 5 heteroatoms. The molecule has 1 aromatic carbocycles. The van der Waals surface area contributed by atoms with Gasteiger partial charge in [-0.15, -0.1) is 0 Å². The zero-order chi connectivity index (χ0) is 16.0. The highest BCUT2D eigenvalue weighted by Crippen LogP contribution is 2.35. The van der Waals surface area contributed by atoms with E-state index in [1.54, 1.807) is 12.1 Å². The minimum absolute atomic E-state index is 0.0375. The highest BCUT2D eigenvalue weighted by molar-refractivity contribution is 5.94. The zero-order valence-corrected chi connectivity index (χ0v) is 12.6. The number of hydrogen-bond donors (Lipinski definition) is 0. The van der Waals surface area contributed by atoms with E-state index in [9.17, 15) is 14.0 Å². The number of hydrogen-bond acceptors (Lipinski definition) is 2. The number of likely N-dealkylation sites (tertiary alicyclic amines) is 1. The Labute approximate surface area is 133 Å². The summed E-state index contributed by atoms with van der Waals surface area (Å²) in [5.74, 6) is 0.0864. The van der Waals surface area contributed by atoms with Crippen LogP contribution in [-0.2, 0) is 6.54 Å². The molecule has 1 aromatic heterocycles. The van der Waals surface area contributed by atoms with E-state index in [4.69, 9.17) is 0 Å². The van der Waals surface area contributed by atoms with Crippen molar-refractivity contribution in [1.82, 2.24) is 9.47 Å². The monoisotopic (exact) mass is 312 g/mol. The summed E-state index contributed by atoms with van der Waals surface area (Å²) in [4.78, 5) is 26.5. The number of benzene rings is 1. The molecule has 0 N–H and O–H groups in total. The number of aromatic nitrogens is 1. The summed E-state index contributed by atoms with van der Waals surface area (Å²) in [5.41, 5.74) is 1.57. The first-order valence-electron chi connectivity index (χ1n) is 7.86. The predicted octanol–water partition coefficient (Wildman–Crippen LogP) is 2.25. The second-order valence-corrected chi connectivity index (χ2v) is 6.42.